The Bertz CT molecular complexity index is 660. The van der Waals surface area contributed by atoms with E-state index in [0.717, 1.165) is 68.6 Å². The highest BCUT2D eigenvalue weighted by Gasteiger charge is 2.33. The Morgan fingerprint density at radius 2 is 1.67 bits per heavy atom. The third kappa shape index (κ3) is 4.89. The maximum atomic E-state index is 13.0. The van der Waals surface area contributed by atoms with Crippen molar-refractivity contribution in [2.45, 2.75) is 39.5 Å². The van der Waals surface area contributed by atoms with E-state index in [1.807, 2.05) is 42.8 Å². The number of nitrogens with one attached hydrogen (secondary N) is 1. The fourth-order valence-electron chi connectivity index (χ4n) is 4.55. The highest BCUT2D eigenvalue weighted by molar-refractivity contribution is 5.95. The van der Waals surface area contributed by atoms with Crippen LogP contribution in [0.3, 0.4) is 0 Å². The summed E-state index contributed by atoms with van der Waals surface area (Å²) in [6, 6.07) is 5.98. The predicted molar refractivity (Wildman–Crippen MR) is 108 cm³/mol. The van der Waals surface area contributed by atoms with E-state index in [1.165, 1.54) is 0 Å². The second kappa shape index (κ2) is 8.87. The lowest BCUT2D eigenvalue weighted by Crippen LogP contribution is -2.49. The summed E-state index contributed by atoms with van der Waals surface area (Å²) in [5, 5.41) is 3.24. The Morgan fingerprint density at radius 1 is 1.00 bits per heavy atom. The van der Waals surface area contributed by atoms with Gasteiger partial charge in [0.05, 0.1) is 5.92 Å². The molecule has 0 bridgehead atoms. The van der Waals surface area contributed by atoms with Crippen molar-refractivity contribution in [2.24, 2.45) is 11.8 Å². The summed E-state index contributed by atoms with van der Waals surface area (Å²) in [6.07, 6.45) is 3.95. The molecular formula is C22H33N3O2. The molecule has 2 heterocycles. The zero-order valence-corrected chi connectivity index (χ0v) is 17.0. The zero-order chi connectivity index (χ0) is 19.4. The van der Waals surface area contributed by atoms with E-state index >= 15 is 0 Å². The largest absolute Gasteiger partial charge is 0.342 e. The van der Waals surface area contributed by atoms with Gasteiger partial charge in [-0.1, -0.05) is 17.2 Å². The van der Waals surface area contributed by atoms with Crippen LogP contribution in [0.4, 0.5) is 0 Å². The Balaban J connectivity index is 1.60. The van der Waals surface area contributed by atoms with Gasteiger partial charge in [-0.25, -0.2) is 0 Å². The van der Waals surface area contributed by atoms with Crippen molar-refractivity contribution in [3.05, 3.63) is 34.9 Å². The standard InChI is InChI=1S/C22H33N3O2/c1-16-11-17(2)13-20(12-16)22(27)25-8-4-5-19(15-25)21(26)24-9-6-18(7-10-24)14-23-3/h11-13,18-19,23H,4-10,14-15H2,1-3H3. The first kappa shape index (κ1) is 19.9. The van der Waals surface area contributed by atoms with E-state index in [4.69, 9.17) is 0 Å². The van der Waals surface area contributed by atoms with Crippen molar-refractivity contribution in [2.75, 3.05) is 39.8 Å². The van der Waals surface area contributed by atoms with Crippen LogP contribution in [0.1, 0.15) is 47.2 Å². The molecule has 2 amide bonds. The molecule has 0 aromatic heterocycles. The van der Waals surface area contributed by atoms with Crippen LogP contribution in [-0.4, -0.2) is 61.4 Å². The van der Waals surface area contributed by atoms with Gasteiger partial charge in [0.25, 0.3) is 5.91 Å². The number of likely N-dealkylation sites (tertiary alicyclic amines) is 2. The average molecular weight is 372 g/mol. The number of carbonyl (C=O) groups is 2. The van der Waals surface area contributed by atoms with E-state index in [1.54, 1.807) is 0 Å². The first-order valence-corrected chi connectivity index (χ1v) is 10.3. The number of benzene rings is 1. The van der Waals surface area contributed by atoms with Gasteiger partial charge in [0.1, 0.15) is 0 Å². The number of piperidine rings is 2. The van der Waals surface area contributed by atoms with Crippen LogP contribution in [-0.2, 0) is 4.79 Å². The molecule has 1 aromatic carbocycles. The molecule has 5 heteroatoms. The molecule has 0 aliphatic carbocycles. The number of amides is 2. The Morgan fingerprint density at radius 3 is 2.30 bits per heavy atom. The monoisotopic (exact) mass is 371 g/mol. The number of rotatable bonds is 4. The van der Waals surface area contributed by atoms with Gasteiger partial charge >= 0.3 is 0 Å². The fraction of sp³-hybridized carbons (Fsp3) is 0.636. The van der Waals surface area contributed by atoms with Gasteiger partial charge in [0.2, 0.25) is 5.91 Å². The minimum atomic E-state index is -0.0468. The fourth-order valence-corrected chi connectivity index (χ4v) is 4.55. The van der Waals surface area contributed by atoms with Crippen molar-refractivity contribution in [1.82, 2.24) is 15.1 Å². The second-order valence-corrected chi connectivity index (χ2v) is 8.29. The van der Waals surface area contributed by atoms with Crippen LogP contribution in [0, 0.1) is 25.7 Å². The minimum absolute atomic E-state index is 0.0468. The summed E-state index contributed by atoms with van der Waals surface area (Å²) in [4.78, 5) is 29.9. The van der Waals surface area contributed by atoms with E-state index in [2.05, 4.69) is 11.4 Å². The molecule has 2 saturated heterocycles. The predicted octanol–water partition coefficient (Wildman–Crippen LogP) is 2.61. The lowest BCUT2D eigenvalue weighted by molar-refractivity contribution is -0.138. The Labute approximate surface area is 163 Å². The second-order valence-electron chi connectivity index (χ2n) is 8.29. The molecule has 0 radical (unpaired) electrons. The lowest BCUT2D eigenvalue weighted by Gasteiger charge is -2.38. The van der Waals surface area contributed by atoms with Crippen molar-refractivity contribution in [3.63, 3.8) is 0 Å². The van der Waals surface area contributed by atoms with Crippen LogP contribution < -0.4 is 5.32 Å². The van der Waals surface area contributed by atoms with Gasteiger partial charge in [0, 0.05) is 31.7 Å². The summed E-state index contributed by atoms with van der Waals surface area (Å²) < 4.78 is 0. The lowest BCUT2D eigenvalue weighted by atomic mass is 9.92. The third-order valence-electron chi connectivity index (χ3n) is 5.95. The molecule has 2 fully saturated rings. The average Bonchev–Trinajstić information content (AvgIpc) is 2.67. The smallest absolute Gasteiger partial charge is 0.253 e. The molecule has 1 aromatic rings. The highest BCUT2D eigenvalue weighted by atomic mass is 16.2. The molecule has 3 rings (SSSR count). The maximum Gasteiger partial charge on any atom is 0.253 e. The third-order valence-corrected chi connectivity index (χ3v) is 5.95. The summed E-state index contributed by atoms with van der Waals surface area (Å²) in [7, 11) is 1.99. The number of hydrogen-bond acceptors (Lipinski definition) is 3. The Kier molecular flexibility index (Phi) is 6.53. The normalized spacial score (nSPS) is 21.4. The first-order chi connectivity index (χ1) is 13.0. The quantitative estimate of drug-likeness (QED) is 0.885. The molecule has 27 heavy (non-hydrogen) atoms. The summed E-state index contributed by atoms with van der Waals surface area (Å²) >= 11 is 0. The molecule has 148 valence electrons. The maximum absolute atomic E-state index is 13.0. The van der Waals surface area contributed by atoms with Gasteiger partial charge in [-0.3, -0.25) is 9.59 Å². The molecule has 5 nitrogen and oxygen atoms in total. The molecule has 1 unspecified atom stereocenters. The molecule has 1 atom stereocenters. The molecule has 2 aliphatic rings. The van der Waals surface area contributed by atoms with Crippen molar-refractivity contribution >= 4 is 11.8 Å². The zero-order valence-electron chi connectivity index (χ0n) is 17.0. The van der Waals surface area contributed by atoms with Crippen molar-refractivity contribution in [1.29, 1.82) is 0 Å². The summed E-state index contributed by atoms with van der Waals surface area (Å²) in [5.74, 6) is 0.936. The first-order valence-electron chi connectivity index (χ1n) is 10.3. The number of carbonyl (C=O) groups excluding carboxylic acids is 2. The Hall–Kier alpha value is -1.88. The summed E-state index contributed by atoms with van der Waals surface area (Å²) in [5.41, 5.74) is 2.95. The van der Waals surface area contributed by atoms with Gasteiger partial charge in [-0.15, -0.1) is 0 Å². The van der Waals surface area contributed by atoms with Crippen molar-refractivity contribution < 1.29 is 9.59 Å². The molecule has 2 aliphatic heterocycles. The SMILES string of the molecule is CNCC1CCN(C(=O)C2CCCN(C(=O)c3cc(C)cc(C)c3)C2)CC1. The van der Waals surface area contributed by atoms with Crippen LogP contribution in [0.5, 0.6) is 0 Å². The topological polar surface area (TPSA) is 52.7 Å². The van der Waals surface area contributed by atoms with Crippen LogP contribution in [0.25, 0.3) is 0 Å². The van der Waals surface area contributed by atoms with Crippen LogP contribution in [0.2, 0.25) is 0 Å². The van der Waals surface area contributed by atoms with E-state index in [9.17, 15) is 9.59 Å². The van der Waals surface area contributed by atoms with E-state index < -0.39 is 0 Å². The van der Waals surface area contributed by atoms with Crippen LogP contribution in [0.15, 0.2) is 18.2 Å². The number of nitrogens with zero attached hydrogens (tertiary/aromatic N) is 2. The molecular weight excluding hydrogens is 338 g/mol. The summed E-state index contributed by atoms with van der Waals surface area (Å²) in [6.45, 7) is 8.08. The van der Waals surface area contributed by atoms with Gasteiger partial charge in [-0.2, -0.15) is 0 Å². The molecule has 0 spiro atoms. The van der Waals surface area contributed by atoms with Gasteiger partial charge < -0.3 is 15.1 Å². The number of aryl methyl sites for hydroxylation is 2. The van der Waals surface area contributed by atoms with Gasteiger partial charge in [0.15, 0.2) is 0 Å². The van der Waals surface area contributed by atoms with E-state index in [0.29, 0.717) is 12.5 Å². The molecule has 0 saturated carbocycles. The molecule has 1 N–H and O–H groups in total. The van der Waals surface area contributed by atoms with Gasteiger partial charge in [-0.05, 0) is 71.2 Å². The number of hydrogen-bond donors (Lipinski definition) is 1. The van der Waals surface area contributed by atoms with Crippen molar-refractivity contribution in [3.8, 4) is 0 Å². The highest BCUT2D eigenvalue weighted by Crippen LogP contribution is 2.24. The minimum Gasteiger partial charge on any atom is -0.342 e. The van der Waals surface area contributed by atoms with Crippen LogP contribution >= 0.6 is 0 Å². The van der Waals surface area contributed by atoms with E-state index in [-0.39, 0.29) is 17.7 Å².